The summed E-state index contributed by atoms with van der Waals surface area (Å²) in [6.07, 6.45) is 9.01. The van der Waals surface area contributed by atoms with Crippen molar-refractivity contribution in [1.82, 2.24) is 24.7 Å². The van der Waals surface area contributed by atoms with Crippen LogP contribution < -0.4 is 0 Å². The molecule has 4 rings (SSSR count). The van der Waals surface area contributed by atoms with Crippen LogP contribution in [-0.2, 0) is 7.05 Å². The molecule has 0 aliphatic carbocycles. The zero-order valence-corrected chi connectivity index (χ0v) is 17.3. The summed E-state index contributed by atoms with van der Waals surface area (Å²) < 4.78 is 1.80. The molecule has 144 valence electrons. The molecular weight excluding hydrogens is 380 g/mol. The Morgan fingerprint density at radius 3 is 2.83 bits per heavy atom. The molecule has 4 aromatic rings. The lowest BCUT2D eigenvalue weighted by Gasteiger charge is -2.00. The summed E-state index contributed by atoms with van der Waals surface area (Å²) in [5.74, 6) is 0. The van der Waals surface area contributed by atoms with Crippen LogP contribution in [0.3, 0.4) is 0 Å². The van der Waals surface area contributed by atoms with Crippen LogP contribution in [0.4, 0.5) is 0 Å². The van der Waals surface area contributed by atoms with E-state index in [1.807, 2.05) is 44.4 Å². The van der Waals surface area contributed by atoms with Crippen molar-refractivity contribution >= 4 is 34.2 Å². The van der Waals surface area contributed by atoms with Gasteiger partial charge in [-0.15, -0.1) is 11.3 Å². The van der Waals surface area contributed by atoms with Crippen LogP contribution in [0.5, 0.6) is 0 Å². The molecule has 4 aromatic heterocycles. The topological polar surface area (TPSA) is 68.8 Å². The number of hydrogen-bond donors (Lipinski definition) is 0. The number of rotatable bonds is 5. The third kappa shape index (κ3) is 3.52. The SMILES string of the molecule is C=C/C=C(\C=NC)c1nn(C)c2nc(-c3sc(-c4cccnc4)nc3C)ccc12. The van der Waals surface area contributed by atoms with E-state index >= 15 is 0 Å². The van der Waals surface area contributed by atoms with Gasteiger partial charge < -0.3 is 0 Å². The van der Waals surface area contributed by atoms with Gasteiger partial charge in [-0.05, 0) is 31.2 Å². The second-order valence-electron chi connectivity index (χ2n) is 6.46. The molecule has 0 spiro atoms. The molecule has 0 saturated carbocycles. The van der Waals surface area contributed by atoms with E-state index in [9.17, 15) is 0 Å². The van der Waals surface area contributed by atoms with E-state index in [2.05, 4.69) is 27.7 Å². The molecular formula is C22H20N6S. The van der Waals surface area contributed by atoms with Gasteiger partial charge in [0, 0.05) is 49.2 Å². The zero-order chi connectivity index (χ0) is 20.4. The van der Waals surface area contributed by atoms with E-state index in [1.54, 1.807) is 41.6 Å². The monoisotopic (exact) mass is 400 g/mol. The number of aryl methyl sites for hydroxylation is 2. The molecule has 0 unspecified atom stereocenters. The second-order valence-corrected chi connectivity index (χ2v) is 7.46. The molecule has 4 heterocycles. The first-order valence-electron chi connectivity index (χ1n) is 9.09. The van der Waals surface area contributed by atoms with Gasteiger partial charge in [-0.3, -0.25) is 9.98 Å². The van der Waals surface area contributed by atoms with Crippen molar-refractivity contribution < 1.29 is 0 Å². The van der Waals surface area contributed by atoms with E-state index in [4.69, 9.17) is 9.97 Å². The van der Waals surface area contributed by atoms with Crippen LogP contribution in [-0.4, -0.2) is 38.0 Å². The van der Waals surface area contributed by atoms with E-state index in [0.717, 1.165) is 49.1 Å². The predicted molar refractivity (Wildman–Crippen MR) is 120 cm³/mol. The Hall–Kier alpha value is -3.45. The van der Waals surface area contributed by atoms with Crippen LogP contribution in [0.15, 0.2) is 60.4 Å². The van der Waals surface area contributed by atoms with Crippen molar-refractivity contribution in [2.45, 2.75) is 6.92 Å². The number of pyridine rings is 2. The summed E-state index contributed by atoms with van der Waals surface area (Å²) in [4.78, 5) is 19.0. The first-order valence-corrected chi connectivity index (χ1v) is 9.91. The summed E-state index contributed by atoms with van der Waals surface area (Å²) in [6.45, 7) is 5.80. The van der Waals surface area contributed by atoms with Crippen LogP contribution in [0.1, 0.15) is 11.4 Å². The number of aliphatic imine (C=N–C) groups is 1. The second kappa shape index (κ2) is 7.89. The van der Waals surface area contributed by atoms with Crippen molar-refractivity contribution in [3.63, 3.8) is 0 Å². The Balaban J connectivity index is 1.82. The van der Waals surface area contributed by atoms with Crippen molar-refractivity contribution in [2.24, 2.45) is 12.0 Å². The molecule has 0 N–H and O–H groups in total. The fourth-order valence-corrected chi connectivity index (χ4v) is 4.19. The van der Waals surface area contributed by atoms with Crippen LogP contribution in [0, 0.1) is 6.92 Å². The van der Waals surface area contributed by atoms with Gasteiger partial charge in [0.2, 0.25) is 0 Å². The fourth-order valence-electron chi connectivity index (χ4n) is 3.17. The van der Waals surface area contributed by atoms with Gasteiger partial charge >= 0.3 is 0 Å². The van der Waals surface area contributed by atoms with Crippen molar-refractivity contribution in [3.05, 3.63) is 66.8 Å². The third-order valence-corrected chi connectivity index (χ3v) is 5.69. The highest BCUT2D eigenvalue weighted by atomic mass is 32.1. The molecule has 0 bridgehead atoms. The first kappa shape index (κ1) is 18.9. The molecule has 6 nitrogen and oxygen atoms in total. The maximum atomic E-state index is 4.89. The van der Waals surface area contributed by atoms with Gasteiger partial charge in [-0.2, -0.15) is 5.10 Å². The predicted octanol–water partition coefficient (Wildman–Crippen LogP) is 4.73. The quantitative estimate of drug-likeness (QED) is 0.359. The smallest absolute Gasteiger partial charge is 0.158 e. The first-order chi connectivity index (χ1) is 14.1. The zero-order valence-electron chi connectivity index (χ0n) is 16.5. The fraction of sp³-hybridized carbons (Fsp3) is 0.136. The highest BCUT2D eigenvalue weighted by Crippen LogP contribution is 2.35. The maximum Gasteiger partial charge on any atom is 0.158 e. The third-order valence-electron chi connectivity index (χ3n) is 4.46. The number of nitrogens with zero attached hydrogens (tertiary/aromatic N) is 6. The molecule has 0 amide bonds. The average Bonchev–Trinajstić information content (AvgIpc) is 3.28. The molecule has 7 heteroatoms. The van der Waals surface area contributed by atoms with Gasteiger partial charge in [0.25, 0.3) is 0 Å². The lowest BCUT2D eigenvalue weighted by molar-refractivity contribution is 0.782. The number of aromatic nitrogens is 5. The highest BCUT2D eigenvalue weighted by molar-refractivity contribution is 7.18. The summed E-state index contributed by atoms with van der Waals surface area (Å²) in [5, 5.41) is 6.57. The molecule has 0 saturated heterocycles. The van der Waals surface area contributed by atoms with Crippen LogP contribution in [0.25, 0.3) is 37.7 Å². The van der Waals surface area contributed by atoms with Gasteiger partial charge in [0.05, 0.1) is 16.3 Å². The van der Waals surface area contributed by atoms with Crippen LogP contribution in [0.2, 0.25) is 0 Å². The largest absolute Gasteiger partial charge is 0.296 e. The van der Waals surface area contributed by atoms with Gasteiger partial charge in [0.15, 0.2) is 5.65 Å². The minimum atomic E-state index is 0.813. The Labute approximate surface area is 173 Å². The summed E-state index contributed by atoms with van der Waals surface area (Å²) in [5.41, 5.74) is 5.39. The molecule has 0 atom stereocenters. The molecule has 0 aromatic carbocycles. The molecule has 0 radical (unpaired) electrons. The molecule has 0 aliphatic rings. The number of fused-ring (bicyclic) bond motifs is 1. The molecule has 0 aliphatic heterocycles. The molecule has 29 heavy (non-hydrogen) atoms. The van der Waals surface area contributed by atoms with E-state index in [1.165, 1.54) is 0 Å². The van der Waals surface area contributed by atoms with E-state index in [0.29, 0.717) is 0 Å². The van der Waals surface area contributed by atoms with Gasteiger partial charge in [0.1, 0.15) is 10.7 Å². The number of allylic oxidation sites excluding steroid dienone is 3. The van der Waals surface area contributed by atoms with Crippen LogP contribution >= 0.6 is 11.3 Å². The van der Waals surface area contributed by atoms with E-state index < -0.39 is 0 Å². The average molecular weight is 401 g/mol. The highest BCUT2D eigenvalue weighted by Gasteiger charge is 2.17. The Morgan fingerprint density at radius 2 is 2.10 bits per heavy atom. The summed E-state index contributed by atoms with van der Waals surface area (Å²) in [7, 11) is 3.64. The normalized spacial score (nSPS) is 12.2. The van der Waals surface area contributed by atoms with Crippen molar-refractivity contribution in [3.8, 4) is 21.1 Å². The summed E-state index contributed by atoms with van der Waals surface area (Å²) in [6, 6.07) is 8.02. The molecule has 0 fully saturated rings. The lowest BCUT2D eigenvalue weighted by Crippen LogP contribution is -1.94. The Bertz CT molecular complexity index is 1250. The minimum Gasteiger partial charge on any atom is -0.296 e. The number of hydrogen-bond acceptors (Lipinski definition) is 6. The Kier molecular flexibility index (Phi) is 5.14. The van der Waals surface area contributed by atoms with Crippen molar-refractivity contribution in [1.29, 1.82) is 0 Å². The van der Waals surface area contributed by atoms with Gasteiger partial charge in [-0.1, -0.05) is 18.7 Å². The van der Waals surface area contributed by atoms with E-state index in [-0.39, 0.29) is 0 Å². The van der Waals surface area contributed by atoms with Gasteiger partial charge in [-0.25, -0.2) is 14.6 Å². The minimum absolute atomic E-state index is 0.813. The maximum absolute atomic E-state index is 4.89. The lowest BCUT2D eigenvalue weighted by atomic mass is 10.1. The Morgan fingerprint density at radius 1 is 1.24 bits per heavy atom. The number of thiazole rings is 1. The van der Waals surface area contributed by atoms with Crippen molar-refractivity contribution in [2.75, 3.05) is 7.05 Å². The standard InChI is InChI=1S/C22H20N6S/c1-5-7-15(12-23-3)19-17-9-10-18(26-21(17)28(4)27-19)20-14(2)25-22(29-20)16-8-6-11-24-13-16/h5-13H,1H2,2-4H3/b15-7+,23-12?. The summed E-state index contributed by atoms with van der Waals surface area (Å²) >= 11 is 1.62.